The summed E-state index contributed by atoms with van der Waals surface area (Å²) in [5.74, 6) is -3.01. The van der Waals surface area contributed by atoms with E-state index < -0.39 is 36.1 Å². The molecular formula is C25H37N11O6S. The van der Waals surface area contributed by atoms with E-state index in [4.69, 9.17) is 11.5 Å². The second kappa shape index (κ2) is 12.6. The van der Waals surface area contributed by atoms with Gasteiger partial charge in [0.1, 0.15) is 18.6 Å². The highest BCUT2D eigenvalue weighted by Crippen LogP contribution is 2.51. The molecule has 0 aromatic carbocycles. The molecule has 0 saturated carbocycles. The molecule has 0 bridgehead atoms. The van der Waals surface area contributed by atoms with E-state index >= 15 is 0 Å². The summed E-state index contributed by atoms with van der Waals surface area (Å²) in [6.45, 7) is 5.65. The number of piperazine rings is 1. The predicted octanol–water partition coefficient (Wildman–Crippen LogP) is -3.63. The summed E-state index contributed by atoms with van der Waals surface area (Å²) < 4.78 is 1.27. The van der Waals surface area contributed by atoms with E-state index in [0.29, 0.717) is 44.0 Å². The van der Waals surface area contributed by atoms with E-state index in [2.05, 4.69) is 26.2 Å². The predicted molar refractivity (Wildman–Crippen MR) is 151 cm³/mol. The van der Waals surface area contributed by atoms with Gasteiger partial charge in [0.25, 0.3) is 0 Å². The van der Waals surface area contributed by atoms with Crippen LogP contribution in [0.25, 0.3) is 0 Å². The lowest BCUT2D eigenvalue weighted by Gasteiger charge is -2.47. The van der Waals surface area contributed by atoms with Gasteiger partial charge in [0.15, 0.2) is 0 Å². The van der Waals surface area contributed by atoms with Gasteiger partial charge in [-0.3, -0.25) is 19.2 Å². The highest BCUT2D eigenvalue weighted by atomic mass is 32.2. The van der Waals surface area contributed by atoms with Crippen molar-refractivity contribution in [1.82, 2.24) is 45.5 Å². The summed E-state index contributed by atoms with van der Waals surface area (Å²) >= 11 is 1.40. The third-order valence-corrected chi connectivity index (χ3v) is 10.1. The lowest BCUT2D eigenvalue weighted by Crippen LogP contribution is -2.66. The van der Waals surface area contributed by atoms with Gasteiger partial charge in [0.2, 0.25) is 23.6 Å². The van der Waals surface area contributed by atoms with Crippen molar-refractivity contribution in [2.24, 2.45) is 23.3 Å². The molecule has 3 saturated heterocycles. The zero-order valence-corrected chi connectivity index (χ0v) is 24.8. The van der Waals surface area contributed by atoms with Crippen LogP contribution < -0.4 is 22.1 Å². The van der Waals surface area contributed by atoms with Crippen LogP contribution in [0.15, 0.2) is 16.9 Å². The van der Waals surface area contributed by atoms with Crippen molar-refractivity contribution >= 4 is 41.4 Å². The second-order valence-electron chi connectivity index (χ2n) is 11.3. The number of rotatable bonds is 10. The smallest absolute Gasteiger partial charge is 0.353 e. The summed E-state index contributed by atoms with van der Waals surface area (Å²) in [5.41, 5.74) is 11.2. The summed E-state index contributed by atoms with van der Waals surface area (Å²) in [6.07, 6.45) is 1.81. The second-order valence-corrected chi connectivity index (χ2v) is 12.7. The fourth-order valence-corrected chi connectivity index (χ4v) is 7.83. The molecule has 3 fully saturated rings. The number of carbonyl (C=O) groups excluding carboxylic acids is 4. The molecule has 17 nitrogen and oxygen atoms in total. The molecule has 0 radical (unpaired) electrons. The van der Waals surface area contributed by atoms with Crippen LogP contribution in [0.1, 0.15) is 20.3 Å². The Kier molecular flexibility index (Phi) is 9.00. The minimum absolute atomic E-state index is 0.0257. The van der Waals surface area contributed by atoms with E-state index in [0.717, 1.165) is 0 Å². The molecule has 1 aromatic heterocycles. The maximum absolute atomic E-state index is 13.2. The van der Waals surface area contributed by atoms with Gasteiger partial charge in [0, 0.05) is 61.4 Å². The summed E-state index contributed by atoms with van der Waals surface area (Å²) in [4.78, 5) is 68.9. The molecule has 7 atom stereocenters. The first-order valence-electron chi connectivity index (χ1n) is 14.3. The van der Waals surface area contributed by atoms with Gasteiger partial charge in [-0.05, 0) is 23.8 Å². The summed E-state index contributed by atoms with van der Waals surface area (Å²) in [7, 11) is 0. The molecule has 0 unspecified atom stereocenters. The Balaban J connectivity index is 1.17. The lowest BCUT2D eigenvalue weighted by molar-refractivity contribution is -0.158. The number of thioether (sulfide) groups is 1. The van der Waals surface area contributed by atoms with Gasteiger partial charge in [0.05, 0.1) is 24.0 Å². The molecule has 5 rings (SSSR count). The average molecular weight is 620 g/mol. The van der Waals surface area contributed by atoms with Gasteiger partial charge in [-0.2, -0.15) is 0 Å². The molecule has 43 heavy (non-hydrogen) atoms. The maximum Gasteiger partial charge on any atom is 0.353 e. The number of nitrogens with one attached hydrogen (secondary N) is 2. The van der Waals surface area contributed by atoms with Crippen LogP contribution in [-0.2, 0) is 30.5 Å². The van der Waals surface area contributed by atoms with E-state index in [1.54, 1.807) is 16.7 Å². The van der Waals surface area contributed by atoms with Crippen LogP contribution in [0.3, 0.4) is 0 Å². The van der Waals surface area contributed by atoms with E-state index in [1.807, 2.05) is 6.92 Å². The number of aliphatic carboxylic acids is 1. The zero-order chi connectivity index (χ0) is 31.0. The Morgan fingerprint density at radius 1 is 1.21 bits per heavy atom. The van der Waals surface area contributed by atoms with Crippen molar-refractivity contribution in [3.05, 3.63) is 16.9 Å². The van der Waals surface area contributed by atoms with Crippen molar-refractivity contribution in [3.8, 4) is 0 Å². The van der Waals surface area contributed by atoms with Crippen LogP contribution in [0.4, 0.5) is 0 Å². The number of hydrogen-bond acceptors (Lipinski definition) is 12. The maximum atomic E-state index is 13.2. The number of nitrogens with zero attached hydrogens (tertiary/aromatic N) is 7. The number of carboxylic acids is 1. The molecule has 0 aliphatic carbocycles. The minimum Gasteiger partial charge on any atom is -0.477 e. The number of carboxylic acid groups (broad SMARTS) is 1. The first-order valence-corrected chi connectivity index (χ1v) is 15.1. The van der Waals surface area contributed by atoms with Gasteiger partial charge in [-0.1, -0.05) is 6.92 Å². The summed E-state index contributed by atoms with van der Waals surface area (Å²) in [5, 5.41) is 26.7. The van der Waals surface area contributed by atoms with Gasteiger partial charge < -0.3 is 41.9 Å². The van der Waals surface area contributed by atoms with Gasteiger partial charge >= 0.3 is 5.97 Å². The Morgan fingerprint density at radius 2 is 1.91 bits per heavy atom. The number of carbonyl (C=O) groups is 5. The molecule has 234 valence electrons. The van der Waals surface area contributed by atoms with Crippen LogP contribution >= 0.6 is 11.8 Å². The van der Waals surface area contributed by atoms with Crippen molar-refractivity contribution in [2.45, 2.75) is 56.2 Å². The lowest BCUT2D eigenvalue weighted by atomic mass is 9.78. The van der Waals surface area contributed by atoms with Crippen molar-refractivity contribution in [1.29, 1.82) is 0 Å². The largest absolute Gasteiger partial charge is 0.477 e. The number of amides is 4. The Morgan fingerprint density at radius 3 is 2.53 bits per heavy atom. The fourth-order valence-electron chi connectivity index (χ4n) is 6.35. The molecule has 5 heterocycles. The van der Waals surface area contributed by atoms with Crippen LogP contribution in [-0.4, -0.2) is 138 Å². The highest BCUT2D eigenvalue weighted by Gasteiger charge is 2.60. The van der Waals surface area contributed by atoms with Crippen molar-refractivity contribution in [2.75, 3.05) is 39.3 Å². The third kappa shape index (κ3) is 5.96. The number of aromatic nitrogens is 4. The zero-order valence-electron chi connectivity index (χ0n) is 24.0. The quantitative estimate of drug-likeness (QED) is 0.159. The first kappa shape index (κ1) is 30.8. The first-order chi connectivity index (χ1) is 20.5. The van der Waals surface area contributed by atoms with Gasteiger partial charge in [-0.15, -0.1) is 16.9 Å². The van der Waals surface area contributed by atoms with Crippen molar-refractivity contribution in [3.63, 3.8) is 0 Å². The number of nitrogens with two attached hydrogens (primary N) is 2. The number of β-lactam (4-membered cyclic amide) rings is 1. The Bertz CT molecular complexity index is 1300. The SMILES string of the molecule is C[C@@H](NC(=O)Cn1cnnn1)[C@H]1C(=O)N2C(C(=O)O)=C(S[C@@H]3CN[C@H](C(=O)N4CCN(C(=O)[C@@H](N)CN)CC4)C3)[C@H](C)[C@H]12. The van der Waals surface area contributed by atoms with Crippen molar-refractivity contribution < 1.29 is 29.1 Å². The number of tetrazole rings is 1. The molecule has 7 N–H and O–H groups in total. The van der Waals surface area contributed by atoms with E-state index in [-0.39, 0.29) is 53.6 Å². The monoisotopic (exact) mass is 619 g/mol. The number of fused-ring (bicyclic) bond motifs is 1. The van der Waals surface area contributed by atoms with Crippen LogP contribution in [0.2, 0.25) is 0 Å². The molecule has 18 heteroatoms. The minimum atomic E-state index is -1.18. The molecule has 1 aromatic rings. The fraction of sp³-hybridized carbons (Fsp3) is 0.680. The highest BCUT2D eigenvalue weighted by molar-refractivity contribution is 8.03. The molecule has 4 aliphatic heterocycles. The van der Waals surface area contributed by atoms with E-state index in [1.165, 1.54) is 27.7 Å². The normalized spacial score (nSPS) is 28.4. The molecule has 4 aliphatic rings. The standard InChI is InChI=1S/C25H37N11O6S/c1-12-19-18(13(2)30-17(37)10-35-11-29-31-32-35)24(40)36(19)20(25(41)42)21(12)43-14-7-16(28-9-14)23(39)34-5-3-33(4-6-34)22(38)15(27)8-26/h11-16,18-19,28H,3-10,26-27H2,1-2H3,(H,30,37)(H,41,42)/t12-,13-,14+,15+,16+,18-,19-/m1/s1. The van der Waals surface area contributed by atoms with Crippen LogP contribution in [0, 0.1) is 11.8 Å². The number of hydrogen-bond donors (Lipinski definition) is 5. The van der Waals surface area contributed by atoms with Crippen LogP contribution in [0.5, 0.6) is 0 Å². The Labute approximate surface area is 251 Å². The topological polar surface area (TPSA) is 235 Å². The molecule has 0 spiro atoms. The third-order valence-electron chi connectivity index (χ3n) is 8.57. The molecule has 4 amide bonds. The van der Waals surface area contributed by atoms with Gasteiger partial charge in [-0.25, -0.2) is 9.48 Å². The van der Waals surface area contributed by atoms with E-state index in [9.17, 15) is 29.1 Å². The Hall–Kier alpha value is -3.61. The molecular weight excluding hydrogens is 582 g/mol. The summed E-state index contributed by atoms with van der Waals surface area (Å²) in [6, 6.07) is -2.11. The average Bonchev–Trinajstić information content (AvgIpc) is 3.72.